The molecule has 2 rings (SSSR count). The van der Waals surface area contributed by atoms with Crippen LogP contribution >= 0.6 is 0 Å². The number of rotatable bonds is 4. The zero-order valence-electron chi connectivity index (χ0n) is 17.1. The number of nitriles is 1. The van der Waals surface area contributed by atoms with Crippen molar-refractivity contribution in [1.82, 2.24) is 0 Å². The standard InChI is InChI=1S/C20H27F3N2O2Si/c1-7-16-17(27-28(5,6)19(2,3)4)11-18(26)25(16)14-9-8-13(12-24)15(10-14)20(21,22)23/h8-10,16-17H,7,11H2,1-6H3/t16-,17+/m0/s1. The van der Waals surface area contributed by atoms with E-state index in [0.717, 1.165) is 12.1 Å². The van der Waals surface area contributed by atoms with Crippen molar-refractivity contribution in [2.24, 2.45) is 0 Å². The highest BCUT2D eigenvalue weighted by molar-refractivity contribution is 6.74. The Morgan fingerprint density at radius 2 is 1.89 bits per heavy atom. The van der Waals surface area contributed by atoms with Gasteiger partial charge in [-0.3, -0.25) is 4.79 Å². The minimum Gasteiger partial charge on any atom is -0.411 e. The molecule has 0 aliphatic carbocycles. The van der Waals surface area contributed by atoms with Crippen molar-refractivity contribution in [1.29, 1.82) is 5.26 Å². The van der Waals surface area contributed by atoms with Gasteiger partial charge in [0, 0.05) is 5.69 Å². The first kappa shape index (κ1) is 22.4. The van der Waals surface area contributed by atoms with Crippen molar-refractivity contribution >= 4 is 19.9 Å². The van der Waals surface area contributed by atoms with Gasteiger partial charge in [0.05, 0.1) is 35.8 Å². The van der Waals surface area contributed by atoms with Crippen molar-refractivity contribution in [3.8, 4) is 6.07 Å². The third kappa shape index (κ3) is 4.25. The third-order valence-electron chi connectivity index (χ3n) is 5.78. The topological polar surface area (TPSA) is 53.3 Å². The number of hydrogen-bond donors (Lipinski definition) is 0. The molecule has 1 aliphatic rings. The first-order valence-electron chi connectivity index (χ1n) is 9.34. The second kappa shape index (κ2) is 7.52. The van der Waals surface area contributed by atoms with E-state index >= 15 is 0 Å². The molecule has 154 valence electrons. The van der Waals surface area contributed by atoms with E-state index in [9.17, 15) is 18.0 Å². The molecule has 1 heterocycles. The van der Waals surface area contributed by atoms with Crippen LogP contribution in [-0.2, 0) is 15.4 Å². The maximum absolute atomic E-state index is 13.3. The highest BCUT2D eigenvalue weighted by Gasteiger charge is 2.47. The van der Waals surface area contributed by atoms with Crippen LogP contribution < -0.4 is 4.90 Å². The van der Waals surface area contributed by atoms with Gasteiger partial charge in [-0.25, -0.2) is 0 Å². The van der Waals surface area contributed by atoms with Crippen molar-refractivity contribution < 1.29 is 22.4 Å². The second-order valence-electron chi connectivity index (χ2n) is 8.70. The Kier molecular flexibility index (Phi) is 6.03. The molecular weight excluding hydrogens is 385 g/mol. The first-order chi connectivity index (χ1) is 12.7. The van der Waals surface area contributed by atoms with Crippen LogP contribution in [0.25, 0.3) is 0 Å². The number of benzene rings is 1. The predicted octanol–water partition coefficient (Wildman–Crippen LogP) is 5.48. The van der Waals surface area contributed by atoms with Crippen molar-refractivity contribution in [3.63, 3.8) is 0 Å². The third-order valence-corrected chi connectivity index (χ3v) is 10.3. The molecule has 0 N–H and O–H groups in total. The van der Waals surface area contributed by atoms with E-state index in [4.69, 9.17) is 9.69 Å². The van der Waals surface area contributed by atoms with E-state index in [1.807, 2.05) is 6.92 Å². The normalized spacial score (nSPS) is 21.1. The molecule has 28 heavy (non-hydrogen) atoms. The summed E-state index contributed by atoms with van der Waals surface area (Å²) in [5.41, 5.74) is -1.32. The molecule has 2 atom stereocenters. The smallest absolute Gasteiger partial charge is 0.411 e. The Labute approximate surface area is 165 Å². The average molecular weight is 413 g/mol. The molecule has 0 aromatic heterocycles. The van der Waals surface area contributed by atoms with E-state index in [1.54, 1.807) is 6.07 Å². The maximum Gasteiger partial charge on any atom is 0.417 e. The van der Waals surface area contributed by atoms with Crippen LogP contribution in [-0.4, -0.2) is 26.4 Å². The Hall–Kier alpha value is -1.85. The summed E-state index contributed by atoms with van der Waals surface area (Å²) in [5, 5.41) is 8.95. The van der Waals surface area contributed by atoms with Gasteiger partial charge in [-0.2, -0.15) is 18.4 Å². The monoisotopic (exact) mass is 412 g/mol. The lowest BCUT2D eigenvalue weighted by atomic mass is 10.1. The Morgan fingerprint density at radius 1 is 1.29 bits per heavy atom. The second-order valence-corrected chi connectivity index (χ2v) is 13.5. The molecule has 1 amide bonds. The molecular formula is C20H27F3N2O2Si. The van der Waals surface area contributed by atoms with Crippen LogP contribution in [0.4, 0.5) is 18.9 Å². The van der Waals surface area contributed by atoms with E-state index in [1.165, 1.54) is 11.0 Å². The highest BCUT2D eigenvalue weighted by Crippen LogP contribution is 2.41. The molecule has 1 fully saturated rings. The summed E-state index contributed by atoms with van der Waals surface area (Å²) in [5.74, 6) is -0.256. The van der Waals surface area contributed by atoms with Crippen LogP contribution in [0.15, 0.2) is 18.2 Å². The maximum atomic E-state index is 13.3. The Morgan fingerprint density at radius 3 is 2.36 bits per heavy atom. The molecule has 0 bridgehead atoms. The molecule has 0 spiro atoms. The van der Waals surface area contributed by atoms with Crippen LogP contribution in [0.2, 0.25) is 18.1 Å². The lowest BCUT2D eigenvalue weighted by Crippen LogP contribution is -2.47. The predicted molar refractivity (Wildman–Crippen MR) is 104 cm³/mol. The summed E-state index contributed by atoms with van der Waals surface area (Å²) < 4.78 is 46.4. The van der Waals surface area contributed by atoms with Gasteiger partial charge in [0.15, 0.2) is 8.32 Å². The van der Waals surface area contributed by atoms with Crippen LogP contribution in [0.3, 0.4) is 0 Å². The fourth-order valence-corrected chi connectivity index (χ4v) is 4.58. The fraction of sp³-hybridized carbons (Fsp3) is 0.600. The minimum atomic E-state index is -4.66. The summed E-state index contributed by atoms with van der Waals surface area (Å²) in [4.78, 5) is 14.1. The molecule has 0 radical (unpaired) electrons. The fourth-order valence-electron chi connectivity index (χ4n) is 3.23. The van der Waals surface area contributed by atoms with Crippen molar-refractivity contribution in [3.05, 3.63) is 29.3 Å². The van der Waals surface area contributed by atoms with Gasteiger partial charge in [-0.05, 0) is 42.8 Å². The first-order valence-corrected chi connectivity index (χ1v) is 12.2. The number of carbonyl (C=O) groups excluding carboxylic acids is 1. The highest BCUT2D eigenvalue weighted by atomic mass is 28.4. The number of hydrogen-bond acceptors (Lipinski definition) is 3. The molecule has 8 heteroatoms. The SMILES string of the molecule is CC[C@H]1[C@H](O[Si](C)(C)C(C)(C)C)CC(=O)N1c1ccc(C#N)c(C(F)(F)F)c1. The molecule has 4 nitrogen and oxygen atoms in total. The molecule has 1 aliphatic heterocycles. The van der Waals surface area contributed by atoms with Crippen LogP contribution in [0.5, 0.6) is 0 Å². The zero-order chi connectivity index (χ0) is 21.5. The van der Waals surface area contributed by atoms with E-state index < -0.39 is 25.6 Å². The zero-order valence-corrected chi connectivity index (χ0v) is 18.1. The van der Waals surface area contributed by atoms with Gasteiger partial charge in [0.2, 0.25) is 5.91 Å². The summed E-state index contributed by atoms with van der Waals surface area (Å²) in [6.45, 7) is 12.4. The molecule has 0 saturated carbocycles. The summed E-state index contributed by atoms with van der Waals surface area (Å²) >= 11 is 0. The largest absolute Gasteiger partial charge is 0.417 e. The van der Waals surface area contributed by atoms with Gasteiger partial charge in [0.25, 0.3) is 0 Å². The number of amides is 1. The lowest BCUT2D eigenvalue weighted by Gasteiger charge is -2.40. The summed E-state index contributed by atoms with van der Waals surface area (Å²) in [6.07, 6.45) is -4.31. The van der Waals surface area contributed by atoms with Gasteiger partial charge in [-0.15, -0.1) is 0 Å². The number of carbonyl (C=O) groups is 1. The van der Waals surface area contributed by atoms with Crippen molar-refractivity contribution in [2.45, 2.75) is 77.0 Å². The summed E-state index contributed by atoms with van der Waals surface area (Å²) in [6, 6.07) is 4.66. The number of nitrogens with zero attached hydrogens (tertiary/aromatic N) is 2. The van der Waals surface area contributed by atoms with Crippen LogP contribution in [0.1, 0.15) is 51.7 Å². The van der Waals surface area contributed by atoms with Gasteiger partial charge >= 0.3 is 6.18 Å². The number of halogens is 3. The molecule has 1 aromatic carbocycles. The van der Waals surface area contributed by atoms with E-state index in [-0.39, 0.29) is 35.2 Å². The molecule has 1 aromatic rings. The average Bonchev–Trinajstić information content (AvgIpc) is 2.86. The Bertz CT molecular complexity index is 794. The van der Waals surface area contributed by atoms with Gasteiger partial charge in [0.1, 0.15) is 0 Å². The number of anilines is 1. The molecule has 1 saturated heterocycles. The van der Waals surface area contributed by atoms with Crippen LogP contribution in [0, 0.1) is 11.3 Å². The quantitative estimate of drug-likeness (QED) is 0.615. The summed E-state index contributed by atoms with van der Waals surface area (Å²) in [7, 11) is -2.15. The Balaban J connectivity index is 2.42. The van der Waals surface area contributed by atoms with Crippen molar-refractivity contribution in [2.75, 3.05) is 4.90 Å². The minimum absolute atomic E-state index is 0.0420. The molecule has 0 unspecified atom stereocenters. The lowest BCUT2D eigenvalue weighted by molar-refractivity contribution is -0.137. The van der Waals surface area contributed by atoms with Gasteiger partial charge < -0.3 is 9.33 Å². The number of alkyl halides is 3. The van der Waals surface area contributed by atoms with Gasteiger partial charge in [-0.1, -0.05) is 27.7 Å². The van der Waals surface area contributed by atoms with E-state index in [2.05, 4.69) is 33.9 Å². The van der Waals surface area contributed by atoms with E-state index in [0.29, 0.717) is 6.42 Å².